The summed E-state index contributed by atoms with van der Waals surface area (Å²) >= 11 is 15.1. The molecule has 0 atom stereocenters. The van der Waals surface area contributed by atoms with Crippen LogP contribution in [-0.4, -0.2) is 5.33 Å². The molecule has 0 radical (unpaired) electrons. The monoisotopic (exact) mass is 280 g/mol. The van der Waals surface area contributed by atoms with Crippen molar-refractivity contribution < 1.29 is 0 Å². The molecule has 1 aromatic carbocycles. The van der Waals surface area contributed by atoms with Crippen molar-refractivity contribution in [3.8, 4) is 0 Å². The van der Waals surface area contributed by atoms with E-state index in [1.54, 1.807) is 0 Å². The SMILES string of the molecule is Clc1ccc(CCCCBr)cc1Cl. The summed E-state index contributed by atoms with van der Waals surface area (Å²) < 4.78 is 0. The van der Waals surface area contributed by atoms with E-state index in [2.05, 4.69) is 15.9 Å². The van der Waals surface area contributed by atoms with Gasteiger partial charge in [0.15, 0.2) is 0 Å². The Morgan fingerprint density at radius 3 is 2.46 bits per heavy atom. The average Bonchev–Trinajstić information content (AvgIpc) is 2.12. The zero-order valence-electron chi connectivity index (χ0n) is 7.19. The predicted molar refractivity (Wildman–Crippen MR) is 63.2 cm³/mol. The van der Waals surface area contributed by atoms with Crippen LogP contribution in [0, 0.1) is 0 Å². The van der Waals surface area contributed by atoms with E-state index in [0.717, 1.165) is 11.8 Å². The molecule has 1 aromatic rings. The van der Waals surface area contributed by atoms with Crippen molar-refractivity contribution in [3.63, 3.8) is 0 Å². The second kappa shape index (κ2) is 5.90. The minimum absolute atomic E-state index is 0.630. The van der Waals surface area contributed by atoms with E-state index in [9.17, 15) is 0 Å². The van der Waals surface area contributed by atoms with Crippen LogP contribution >= 0.6 is 39.1 Å². The molecule has 0 heterocycles. The van der Waals surface area contributed by atoms with Crippen molar-refractivity contribution in [1.29, 1.82) is 0 Å². The van der Waals surface area contributed by atoms with Crippen molar-refractivity contribution in [2.75, 3.05) is 5.33 Å². The predicted octanol–water partition coefficient (Wildman–Crippen LogP) is 4.71. The Bertz CT molecular complexity index is 274. The maximum atomic E-state index is 5.89. The van der Waals surface area contributed by atoms with Gasteiger partial charge in [0.1, 0.15) is 0 Å². The van der Waals surface area contributed by atoms with Crippen LogP contribution in [0.4, 0.5) is 0 Å². The highest BCUT2D eigenvalue weighted by atomic mass is 79.9. The molecule has 0 aliphatic heterocycles. The number of hydrogen-bond acceptors (Lipinski definition) is 0. The van der Waals surface area contributed by atoms with E-state index in [-0.39, 0.29) is 0 Å². The lowest BCUT2D eigenvalue weighted by molar-refractivity contribution is 0.806. The second-order valence-electron chi connectivity index (χ2n) is 2.89. The Morgan fingerprint density at radius 2 is 1.85 bits per heavy atom. The molecule has 0 bridgehead atoms. The van der Waals surface area contributed by atoms with Gasteiger partial charge in [-0.1, -0.05) is 45.2 Å². The molecule has 0 aliphatic carbocycles. The molecule has 0 aromatic heterocycles. The minimum atomic E-state index is 0.630. The number of unbranched alkanes of at least 4 members (excludes halogenated alkanes) is 1. The van der Waals surface area contributed by atoms with Crippen LogP contribution in [0.1, 0.15) is 18.4 Å². The maximum Gasteiger partial charge on any atom is 0.0595 e. The molecule has 0 unspecified atom stereocenters. The Labute approximate surface area is 97.4 Å². The van der Waals surface area contributed by atoms with Crippen molar-refractivity contribution in [3.05, 3.63) is 33.8 Å². The van der Waals surface area contributed by atoms with E-state index in [1.165, 1.54) is 18.4 Å². The quantitative estimate of drug-likeness (QED) is 0.554. The molecule has 0 fully saturated rings. The maximum absolute atomic E-state index is 5.89. The minimum Gasteiger partial charge on any atom is -0.0928 e. The smallest absolute Gasteiger partial charge is 0.0595 e. The molecule has 1 rings (SSSR count). The molecule has 0 saturated heterocycles. The second-order valence-corrected chi connectivity index (χ2v) is 4.50. The molecule has 0 saturated carbocycles. The summed E-state index contributed by atoms with van der Waals surface area (Å²) in [5.41, 5.74) is 1.26. The lowest BCUT2D eigenvalue weighted by atomic mass is 10.1. The lowest BCUT2D eigenvalue weighted by Crippen LogP contribution is -1.86. The zero-order valence-corrected chi connectivity index (χ0v) is 10.3. The van der Waals surface area contributed by atoms with Gasteiger partial charge in [-0.3, -0.25) is 0 Å². The van der Waals surface area contributed by atoms with E-state index >= 15 is 0 Å². The highest BCUT2D eigenvalue weighted by Gasteiger charge is 1.98. The first kappa shape index (κ1) is 11.4. The van der Waals surface area contributed by atoms with E-state index in [4.69, 9.17) is 23.2 Å². The van der Waals surface area contributed by atoms with Gasteiger partial charge in [-0.25, -0.2) is 0 Å². The Balaban J connectivity index is 2.53. The van der Waals surface area contributed by atoms with Crippen molar-refractivity contribution >= 4 is 39.1 Å². The lowest BCUT2D eigenvalue weighted by Gasteiger charge is -2.01. The van der Waals surface area contributed by atoms with Gasteiger partial charge in [0.05, 0.1) is 10.0 Å². The summed E-state index contributed by atoms with van der Waals surface area (Å²) in [5, 5.41) is 2.35. The van der Waals surface area contributed by atoms with Gasteiger partial charge in [-0.2, -0.15) is 0 Å². The topological polar surface area (TPSA) is 0 Å². The molecular formula is C10H11BrCl2. The molecular weight excluding hydrogens is 271 g/mol. The van der Waals surface area contributed by atoms with Crippen molar-refractivity contribution in [2.24, 2.45) is 0 Å². The fourth-order valence-electron chi connectivity index (χ4n) is 1.12. The Hall–Kier alpha value is 0.280. The number of halogens is 3. The van der Waals surface area contributed by atoms with Crippen LogP contribution in [0.3, 0.4) is 0 Å². The van der Waals surface area contributed by atoms with Gasteiger partial charge >= 0.3 is 0 Å². The normalized spacial score (nSPS) is 10.4. The summed E-state index contributed by atoms with van der Waals surface area (Å²) in [4.78, 5) is 0. The largest absolute Gasteiger partial charge is 0.0928 e. The molecule has 0 spiro atoms. The molecule has 0 N–H and O–H groups in total. The standard InChI is InChI=1S/C10H11BrCl2/c11-6-2-1-3-8-4-5-9(12)10(13)7-8/h4-5,7H,1-3,6H2. The van der Waals surface area contributed by atoms with Crippen LogP contribution in [-0.2, 0) is 6.42 Å². The zero-order chi connectivity index (χ0) is 9.68. The number of hydrogen-bond donors (Lipinski definition) is 0. The average molecular weight is 282 g/mol. The van der Waals surface area contributed by atoms with Crippen LogP contribution in [0.5, 0.6) is 0 Å². The van der Waals surface area contributed by atoms with Gasteiger partial charge < -0.3 is 0 Å². The van der Waals surface area contributed by atoms with Crippen LogP contribution in [0.2, 0.25) is 10.0 Å². The Kier molecular flexibility index (Phi) is 5.15. The summed E-state index contributed by atoms with van der Waals surface area (Å²) in [6, 6.07) is 5.83. The molecule has 0 nitrogen and oxygen atoms in total. The summed E-state index contributed by atoms with van der Waals surface area (Å²) in [7, 11) is 0. The first-order valence-corrected chi connectivity index (χ1v) is 6.11. The number of rotatable bonds is 4. The van der Waals surface area contributed by atoms with Crippen LogP contribution in [0.25, 0.3) is 0 Å². The van der Waals surface area contributed by atoms with Gasteiger partial charge in [0.2, 0.25) is 0 Å². The van der Waals surface area contributed by atoms with E-state index in [1.807, 2.05) is 18.2 Å². The third-order valence-corrected chi connectivity index (χ3v) is 3.13. The van der Waals surface area contributed by atoms with Crippen molar-refractivity contribution in [2.45, 2.75) is 19.3 Å². The van der Waals surface area contributed by atoms with E-state index < -0.39 is 0 Å². The fraction of sp³-hybridized carbons (Fsp3) is 0.400. The van der Waals surface area contributed by atoms with Gasteiger partial charge in [0.25, 0.3) is 0 Å². The summed E-state index contributed by atoms with van der Waals surface area (Å²) in [5.74, 6) is 0. The first-order valence-electron chi connectivity index (χ1n) is 4.24. The number of alkyl halides is 1. The fourth-order valence-corrected chi connectivity index (χ4v) is 1.84. The van der Waals surface area contributed by atoms with Gasteiger partial charge in [-0.15, -0.1) is 0 Å². The third kappa shape index (κ3) is 3.88. The van der Waals surface area contributed by atoms with Gasteiger partial charge in [0, 0.05) is 5.33 Å². The first-order chi connectivity index (χ1) is 6.24. The summed E-state index contributed by atoms with van der Waals surface area (Å²) in [6.07, 6.45) is 3.45. The highest BCUT2D eigenvalue weighted by Crippen LogP contribution is 2.23. The number of aryl methyl sites for hydroxylation is 1. The third-order valence-electron chi connectivity index (χ3n) is 1.83. The van der Waals surface area contributed by atoms with Crippen LogP contribution < -0.4 is 0 Å². The molecule has 13 heavy (non-hydrogen) atoms. The summed E-state index contributed by atoms with van der Waals surface area (Å²) in [6.45, 7) is 0. The molecule has 72 valence electrons. The van der Waals surface area contributed by atoms with E-state index in [0.29, 0.717) is 10.0 Å². The van der Waals surface area contributed by atoms with Crippen molar-refractivity contribution in [1.82, 2.24) is 0 Å². The number of benzene rings is 1. The van der Waals surface area contributed by atoms with Crippen LogP contribution in [0.15, 0.2) is 18.2 Å². The Morgan fingerprint density at radius 1 is 1.08 bits per heavy atom. The molecule has 3 heteroatoms. The highest BCUT2D eigenvalue weighted by molar-refractivity contribution is 9.09. The molecule has 0 amide bonds. The molecule has 0 aliphatic rings. The van der Waals surface area contributed by atoms with Gasteiger partial charge in [-0.05, 0) is 37.0 Å².